The Morgan fingerprint density at radius 2 is 2.10 bits per heavy atom. The van der Waals surface area contributed by atoms with Gasteiger partial charge in [-0.05, 0) is 29.8 Å². The Labute approximate surface area is 176 Å². The number of piperazine rings is 1. The summed E-state index contributed by atoms with van der Waals surface area (Å²) < 4.78 is 0.618. The summed E-state index contributed by atoms with van der Waals surface area (Å²) in [6.45, 7) is 2.06. The minimum atomic E-state index is -0.156. The normalized spacial score (nSPS) is 15.1. The molecule has 0 bridgehead atoms. The molecule has 1 fully saturated rings. The second-order valence-corrected chi connectivity index (χ2v) is 8.50. The van der Waals surface area contributed by atoms with Crippen LogP contribution < -0.4 is 11.1 Å². The summed E-state index contributed by atoms with van der Waals surface area (Å²) in [4.78, 5) is 36.6. The molecule has 3 N–H and O–H groups in total. The largest absolute Gasteiger partial charge is 0.383 e. The molecule has 2 amide bonds. The van der Waals surface area contributed by atoms with Crippen LogP contribution in [0, 0.1) is 0 Å². The molecule has 8 nitrogen and oxygen atoms in total. The lowest BCUT2D eigenvalue weighted by Crippen LogP contribution is -2.51. The van der Waals surface area contributed by atoms with Gasteiger partial charge in [0.15, 0.2) is 0 Å². The molecule has 29 heavy (non-hydrogen) atoms. The molecule has 10 heteroatoms. The number of anilines is 2. The van der Waals surface area contributed by atoms with E-state index in [9.17, 15) is 9.59 Å². The van der Waals surface area contributed by atoms with Crippen LogP contribution in [0.5, 0.6) is 0 Å². The number of halogens is 1. The molecule has 0 aliphatic carbocycles. The van der Waals surface area contributed by atoms with Crippen LogP contribution in [0.15, 0.2) is 36.7 Å². The highest BCUT2D eigenvalue weighted by Gasteiger charge is 2.25. The molecule has 1 aromatic carbocycles. The van der Waals surface area contributed by atoms with Gasteiger partial charge in [0.2, 0.25) is 11.8 Å². The molecule has 4 rings (SSSR count). The number of fused-ring (bicyclic) bond motifs is 1. The SMILES string of the molecule is Nc1ncnc2cc(CN3CCN(CC(=O)Nc4ccc(Cl)s4)CC3=O)ccc12. The number of aromatic nitrogens is 2. The monoisotopic (exact) mass is 430 g/mol. The highest BCUT2D eigenvalue weighted by Crippen LogP contribution is 2.26. The number of nitrogens with one attached hydrogen (secondary N) is 1. The average Bonchev–Trinajstić information content (AvgIpc) is 3.08. The maximum Gasteiger partial charge on any atom is 0.239 e. The number of thiophene rings is 1. The summed E-state index contributed by atoms with van der Waals surface area (Å²) in [6, 6.07) is 9.23. The number of hydrogen-bond acceptors (Lipinski definition) is 7. The van der Waals surface area contributed by atoms with E-state index in [1.165, 1.54) is 17.7 Å². The van der Waals surface area contributed by atoms with Crippen molar-refractivity contribution in [3.05, 3.63) is 46.6 Å². The predicted octanol–water partition coefficient (Wildman–Crippen LogP) is 2.21. The van der Waals surface area contributed by atoms with Crippen molar-refractivity contribution in [1.29, 1.82) is 0 Å². The molecule has 0 unspecified atom stereocenters. The van der Waals surface area contributed by atoms with Crippen LogP contribution in [0.4, 0.5) is 10.8 Å². The van der Waals surface area contributed by atoms with E-state index in [2.05, 4.69) is 15.3 Å². The fraction of sp³-hybridized carbons (Fsp3) is 0.263. The molecular formula is C19H19ClN6O2S. The third-order valence-corrected chi connectivity index (χ3v) is 5.85. The molecule has 3 aromatic rings. The van der Waals surface area contributed by atoms with Crippen molar-refractivity contribution in [3.8, 4) is 0 Å². The number of rotatable bonds is 5. The molecule has 0 spiro atoms. The summed E-state index contributed by atoms with van der Waals surface area (Å²) >= 11 is 7.18. The van der Waals surface area contributed by atoms with Gasteiger partial charge >= 0.3 is 0 Å². The number of nitrogens with two attached hydrogens (primary N) is 1. The van der Waals surface area contributed by atoms with Crippen LogP contribution >= 0.6 is 22.9 Å². The van der Waals surface area contributed by atoms with E-state index in [-0.39, 0.29) is 24.9 Å². The van der Waals surface area contributed by atoms with Gasteiger partial charge in [-0.3, -0.25) is 14.5 Å². The first kappa shape index (κ1) is 19.6. The minimum absolute atomic E-state index is 0.00878. The highest BCUT2D eigenvalue weighted by molar-refractivity contribution is 7.20. The van der Waals surface area contributed by atoms with Gasteiger partial charge in [0.1, 0.15) is 12.1 Å². The lowest BCUT2D eigenvalue weighted by molar-refractivity contribution is -0.137. The smallest absolute Gasteiger partial charge is 0.239 e. The first-order valence-corrected chi connectivity index (χ1v) is 10.2. The summed E-state index contributed by atoms with van der Waals surface area (Å²) in [7, 11) is 0. The van der Waals surface area contributed by atoms with Gasteiger partial charge in [-0.2, -0.15) is 0 Å². The lowest BCUT2D eigenvalue weighted by Gasteiger charge is -2.34. The Morgan fingerprint density at radius 3 is 2.86 bits per heavy atom. The molecule has 1 saturated heterocycles. The minimum Gasteiger partial charge on any atom is -0.383 e. The van der Waals surface area contributed by atoms with Gasteiger partial charge in [0.25, 0.3) is 0 Å². The summed E-state index contributed by atoms with van der Waals surface area (Å²) in [5.41, 5.74) is 7.59. The van der Waals surface area contributed by atoms with Crippen molar-refractivity contribution in [2.75, 3.05) is 37.2 Å². The Kier molecular flexibility index (Phi) is 5.61. The number of carbonyl (C=O) groups is 2. The first-order valence-electron chi connectivity index (χ1n) is 9.02. The standard InChI is InChI=1S/C19H19ClN6O2S/c20-15-3-4-17(29-15)24-16(27)9-25-5-6-26(18(28)10-25)8-12-1-2-13-14(7-12)22-11-23-19(13)21/h1-4,7,11H,5-6,8-10H2,(H,24,27)(H2,21,22,23). The van der Waals surface area contributed by atoms with E-state index < -0.39 is 0 Å². The Bertz CT molecular complexity index is 1070. The molecule has 3 heterocycles. The quantitative estimate of drug-likeness (QED) is 0.643. The number of nitrogen functional groups attached to an aromatic ring is 1. The third kappa shape index (κ3) is 4.64. The number of hydrogen-bond donors (Lipinski definition) is 2. The number of carbonyl (C=O) groups excluding carboxylic acids is 2. The molecule has 0 radical (unpaired) electrons. The second-order valence-electron chi connectivity index (χ2n) is 6.79. The second kappa shape index (κ2) is 8.32. The predicted molar refractivity (Wildman–Crippen MR) is 114 cm³/mol. The Balaban J connectivity index is 1.33. The van der Waals surface area contributed by atoms with Crippen molar-refractivity contribution in [3.63, 3.8) is 0 Å². The van der Waals surface area contributed by atoms with Crippen molar-refractivity contribution in [1.82, 2.24) is 19.8 Å². The Hall–Kier alpha value is -2.75. The van der Waals surface area contributed by atoms with E-state index in [1.807, 2.05) is 23.1 Å². The van der Waals surface area contributed by atoms with Crippen LogP contribution in [0.1, 0.15) is 5.56 Å². The number of nitrogens with zero attached hydrogens (tertiary/aromatic N) is 4. The van der Waals surface area contributed by atoms with Crippen LogP contribution in [-0.2, 0) is 16.1 Å². The van der Waals surface area contributed by atoms with Gasteiger partial charge in [-0.25, -0.2) is 9.97 Å². The van der Waals surface area contributed by atoms with E-state index in [1.54, 1.807) is 17.0 Å². The van der Waals surface area contributed by atoms with Gasteiger partial charge in [0.05, 0.1) is 27.9 Å². The zero-order valence-electron chi connectivity index (χ0n) is 15.5. The zero-order valence-corrected chi connectivity index (χ0v) is 17.0. The van der Waals surface area contributed by atoms with Crippen molar-refractivity contribution in [2.24, 2.45) is 0 Å². The zero-order chi connectivity index (χ0) is 20.4. The fourth-order valence-electron chi connectivity index (χ4n) is 3.26. The van der Waals surface area contributed by atoms with E-state index in [0.717, 1.165) is 16.5 Å². The summed E-state index contributed by atoms with van der Waals surface area (Å²) in [6.07, 6.45) is 1.43. The van der Waals surface area contributed by atoms with Crippen LogP contribution in [0.25, 0.3) is 10.9 Å². The maximum absolute atomic E-state index is 12.6. The third-order valence-electron chi connectivity index (χ3n) is 4.71. The van der Waals surface area contributed by atoms with Crippen LogP contribution in [0.3, 0.4) is 0 Å². The van der Waals surface area contributed by atoms with Gasteiger partial charge in [0, 0.05) is 25.0 Å². The maximum atomic E-state index is 12.6. The molecule has 1 aliphatic rings. The summed E-state index contributed by atoms with van der Waals surface area (Å²) in [5.74, 6) is 0.274. The number of amides is 2. The van der Waals surface area contributed by atoms with Gasteiger partial charge in [-0.15, -0.1) is 11.3 Å². The van der Waals surface area contributed by atoms with Crippen molar-refractivity contribution in [2.45, 2.75) is 6.54 Å². The molecule has 150 valence electrons. The summed E-state index contributed by atoms with van der Waals surface area (Å²) in [5, 5.41) is 4.30. The van der Waals surface area contributed by atoms with Gasteiger partial charge in [-0.1, -0.05) is 17.7 Å². The van der Waals surface area contributed by atoms with Crippen LogP contribution in [-0.4, -0.2) is 57.8 Å². The molecule has 0 atom stereocenters. The molecular weight excluding hydrogens is 412 g/mol. The van der Waals surface area contributed by atoms with Crippen molar-refractivity contribution < 1.29 is 9.59 Å². The average molecular weight is 431 g/mol. The molecule has 2 aromatic heterocycles. The lowest BCUT2D eigenvalue weighted by atomic mass is 10.1. The van der Waals surface area contributed by atoms with Gasteiger partial charge < -0.3 is 16.0 Å². The topological polar surface area (TPSA) is 104 Å². The molecule has 1 aliphatic heterocycles. The highest BCUT2D eigenvalue weighted by atomic mass is 35.5. The van der Waals surface area contributed by atoms with Crippen LogP contribution in [0.2, 0.25) is 4.34 Å². The first-order chi connectivity index (χ1) is 14.0. The van der Waals surface area contributed by atoms with Crippen molar-refractivity contribution >= 4 is 56.5 Å². The van der Waals surface area contributed by atoms with E-state index in [4.69, 9.17) is 17.3 Å². The van der Waals surface area contributed by atoms with E-state index in [0.29, 0.717) is 34.8 Å². The molecule has 0 saturated carbocycles. The number of benzene rings is 1. The van der Waals surface area contributed by atoms with E-state index >= 15 is 0 Å². The Morgan fingerprint density at radius 1 is 1.24 bits per heavy atom. The fourth-order valence-corrected chi connectivity index (χ4v) is 4.22.